The van der Waals surface area contributed by atoms with E-state index >= 15 is 0 Å². The topological polar surface area (TPSA) is 119 Å². The van der Waals surface area contributed by atoms with Crippen LogP contribution in [0.15, 0.2) is 11.1 Å². The summed E-state index contributed by atoms with van der Waals surface area (Å²) in [6.45, 7) is 1.65. The van der Waals surface area contributed by atoms with Gasteiger partial charge in [0, 0.05) is 18.0 Å². The zero-order valence-electron chi connectivity index (χ0n) is 15.6. The van der Waals surface area contributed by atoms with Gasteiger partial charge in [-0.25, -0.2) is 9.78 Å². The first kappa shape index (κ1) is 20.0. The third-order valence-corrected chi connectivity index (χ3v) is 5.65. The third kappa shape index (κ3) is 4.56. The number of rotatable bonds is 6. The van der Waals surface area contributed by atoms with Gasteiger partial charge in [-0.2, -0.15) is 0 Å². The Labute approximate surface area is 165 Å². The average molecular weight is 406 g/mol. The highest BCUT2D eigenvalue weighted by molar-refractivity contribution is 7.18. The van der Waals surface area contributed by atoms with Gasteiger partial charge in [-0.15, -0.1) is 11.3 Å². The molecular weight excluding hydrogens is 384 g/mol. The molecule has 0 saturated carbocycles. The maximum Gasteiger partial charge on any atom is 0.321 e. The summed E-state index contributed by atoms with van der Waals surface area (Å²) in [6.07, 6.45) is 5.44. The van der Waals surface area contributed by atoms with Gasteiger partial charge in [0.2, 0.25) is 0 Å². The number of amides is 3. The Morgan fingerprint density at radius 3 is 2.86 bits per heavy atom. The number of imide groups is 1. The van der Waals surface area contributed by atoms with Crippen LogP contribution in [0.25, 0.3) is 10.2 Å². The summed E-state index contributed by atoms with van der Waals surface area (Å²) in [6, 6.07) is -0.645. The lowest BCUT2D eigenvalue weighted by molar-refractivity contribution is -0.148. The quantitative estimate of drug-likeness (QED) is 0.694. The second kappa shape index (κ2) is 8.96. The van der Waals surface area contributed by atoms with Crippen LogP contribution in [0.4, 0.5) is 4.79 Å². The molecule has 1 aliphatic rings. The van der Waals surface area contributed by atoms with Crippen LogP contribution in [0, 0.1) is 0 Å². The number of urea groups is 1. The minimum atomic E-state index is -0.718. The maximum atomic E-state index is 12.8. The average Bonchev–Trinajstić information content (AvgIpc) is 3.05. The van der Waals surface area contributed by atoms with E-state index in [0.717, 1.165) is 36.1 Å². The van der Waals surface area contributed by atoms with E-state index < -0.39 is 24.5 Å². The van der Waals surface area contributed by atoms with E-state index in [2.05, 4.69) is 10.3 Å². The van der Waals surface area contributed by atoms with Gasteiger partial charge in [0.1, 0.15) is 4.83 Å². The van der Waals surface area contributed by atoms with E-state index in [9.17, 15) is 19.2 Å². The molecule has 0 spiro atoms. The Kier molecular flexibility index (Phi) is 6.40. The summed E-state index contributed by atoms with van der Waals surface area (Å²) < 4.78 is 6.25. The van der Waals surface area contributed by atoms with Gasteiger partial charge in [-0.05, 0) is 38.2 Å². The van der Waals surface area contributed by atoms with Crippen molar-refractivity contribution in [3.05, 3.63) is 27.1 Å². The molecule has 0 aromatic carbocycles. The number of carbonyl (C=O) groups excluding carboxylic acids is 3. The van der Waals surface area contributed by atoms with Crippen LogP contribution < -0.4 is 16.2 Å². The summed E-state index contributed by atoms with van der Waals surface area (Å²) in [5, 5.41) is 5.09. The normalized spacial score (nSPS) is 13.0. The molecule has 9 nitrogen and oxygen atoms in total. The summed E-state index contributed by atoms with van der Waals surface area (Å²) in [4.78, 5) is 53.7. The van der Waals surface area contributed by atoms with E-state index in [1.165, 1.54) is 15.8 Å². The van der Waals surface area contributed by atoms with Crippen LogP contribution in [0.1, 0.15) is 36.6 Å². The van der Waals surface area contributed by atoms with E-state index in [1.54, 1.807) is 18.3 Å². The van der Waals surface area contributed by atoms with Gasteiger partial charge in [-0.1, -0.05) is 0 Å². The van der Waals surface area contributed by atoms with Gasteiger partial charge in [-0.3, -0.25) is 24.3 Å². The molecule has 3 rings (SSSR count). The predicted octanol–water partition coefficient (Wildman–Crippen LogP) is 1.12. The van der Waals surface area contributed by atoms with Crippen LogP contribution in [0.3, 0.4) is 0 Å². The SMILES string of the molecule is CCNC(=O)NC(=O)COC(=O)CCn1cnc2sc3c(c2c1=O)CCCC3. The van der Waals surface area contributed by atoms with Crippen molar-refractivity contribution in [2.75, 3.05) is 13.2 Å². The molecule has 1 aliphatic carbocycles. The number of nitrogens with zero attached hydrogens (tertiary/aromatic N) is 2. The fourth-order valence-corrected chi connectivity index (χ4v) is 4.36. The molecule has 0 atom stereocenters. The Morgan fingerprint density at radius 2 is 2.07 bits per heavy atom. The molecule has 150 valence electrons. The van der Waals surface area contributed by atoms with Gasteiger partial charge in [0.05, 0.1) is 18.1 Å². The Bertz CT molecular complexity index is 965. The van der Waals surface area contributed by atoms with E-state index in [0.29, 0.717) is 11.9 Å². The number of hydrogen-bond donors (Lipinski definition) is 2. The number of nitrogens with one attached hydrogen (secondary N) is 2. The van der Waals surface area contributed by atoms with Crippen LogP contribution in [0.5, 0.6) is 0 Å². The minimum absolute atomic E-state index is 0.0755. The van der Waals surface area contributed by atoms with Gasteiger partial charge < -0.3 is 10.1 Å². The maximum absolute atomic E-state index is 12.8. The largest absolute Gasteiger partial charge is 0.456 e. The van der Waals surface area contributed by atoms with Crippen molar-refractivity contribution >= 4 is 39.5 Å². The number of hydrogen-bond acceptors (Lipinski definition) is 7. The van der Waals surface area contributed by atoms with Crippen molar-refractivity contribution in [3.8, 4) is 0 Å². The van der Waals surface area contributed by atoms with Crippen molar-refractivity contribution in [3.63, 3.8) is 0 Å². The van der Waals surface area contributed by atoms with Crippen molar-refractivity contribution < 1.29 is 19.1 Å². The molecule has 0 aliphatic heterocycles. The van der Waals surface area contributed by atoms with Gasteiger partial charge >= 0.3 is 12.0 Å². The third-order valence-electron chi connectivity index (χ3n) is 4.45. The molecule has 0 unspecified atom stereocenters. The first-order valence-electron chi connectivity index (χ1n) is 9.22. The molecule has 2 aromatic rings. The minimum Gasteiger partial charge on any atom is -0.456 e. The van der Waals surface area contributed by atoms with Gasteiger partial charge in [0.25, 0.3) is 11.5 Å². The fourth-order valence-electron chi connectivity index (χ4n) is 3.14. The molecule has 28 heavy (non-hydrogen) atoms. The van der Waals surface area contributed by atoms with Crippen molar-refractivity contribution in [1.29, 1.82) is 0 Å². The van der Waals surface area contributed by atoms with Gasteiger partial charge in [0.15, 0.2) is 6.61 Å². The number of thiophene rings is 1. The molecule has 10 heteroatoms. The van der Waals surface area contributed by atoms with Crippen molar-refractivity contribution in [2.24, 2.45) is 0 Å². The Hall–Kier alpha value is -2.75. The first-order valence-corrected chi connectivity index (χ1v) is 10.0. The first-order chi connectivity index (χ1) is 13.5. The lowest BCUT2D eigenvalue weighted by atomic mass is 9.97. The number of esters is 1. The zero-order chi connectivity index (χ0) is 20.1. The molecular formula is C18H22N4O5S. The summed E-state index contributed by atoms with van der Waals surface area (Å²) in [7, 11) is 0. The molecule has 3 amide bonds. The van der Waals surface area contributed by atoms with E-state index in [1.807, 2.05) is 5.32 Å². The molecule has 0 fully saturated rings. The number of ether oxygens (including phenoxy) is 1. The second-order valence-corrected chi connectivity index (χ2v) is 7.54. The molecule has 2 aromatic heterocycles. The highest BCUT2D eigenvalue weighted by Crippen LogP contribution is 2.33. The highest BCUT2D eigenvalue weighted by Gasteiger charge is 2.20. The van der Waals surface area contributed by atoms with Crippen LogP contribution >= 0.6 is 11.3 Å². The molecule has 2 heterocycles. The summed E-state index contributed by atoms with van der Waals surface area (Å²) in [5.74, 6) is -1.35. The Morgan fingerprint density at radius 1 is 1.29 bits per heavy atom. The zero-order valence-corrected chi connectivity index (χ0v) is 16.4. The summed E-state index contributed by atoms with van der Waals surface area (Å²) in [5.41, 5.74) is 0.953. The highest BCUT2D eigenvalue weighted by atomic mass is 32.1. The number of aromatic nitrogens is 2. The predicted molar refractivity (Wildman–Crippen MR) is 103 cm³/mol. The standard InChI is InChI=1S/C18H22N4O5S/c1-2-19-18(26)21-13(23)9-27-14(24)7-8-22-10-20-16-15(17(22)25)11-5-3-4-6-12(11)28-16/h10H,2-9H2,1H3,(H2,19,21,23,26). The Balaban J connectivity index is 1.57. The van der Waals surface area contributed by atoms with E-state index in [4.69, 9.17) is 4.74 Å². The smallest absolute Gasteiger partial charge is 0.321 e. The number of fused-ring (bicyclic) bond motifs is 3. The van der Waals surface area contributed by atoms with Crippen molar-refractivity contribution in [2.45, 2.75) is 45.6 Å². The molecule has 0 bridgehead atoms. The molecule has 0 saturated heterocycles. The fraction of sp³-hybridized carbons (Fsp3) is 0.500. The molecule has 0 radical (unpaired) electrons. The molecule has 2 N–H and O–H groups in total. The van der Waals surface area contributed by atoms with Crippen LogP contribution in [-0.2, 0) is 33.7 Å². The van der Waals surface area contributed by atoms with Crippen molar-refractivity contribution in [1.82, 2.24) is 20.2 Å². The number of carbonyl (C=O) groups is 3. The summed E-state index contributed by atoms with van der Waals surface area (Å²) >= 11 is 1.57. The monoisotopic (exact) mass is 406 g/mol. The van der Waals surface area contributed by atoms with Crippen LogP contribution in [-0.4, -0.2) is 40.6 Å². The number of aryl methyl sites for hydroxylation is 3. The lowest BCUT2D eigenvalue weighted by Crippen LogP contribution is -2.41. The lowest BCUT2D eigenvalue weighted by Gasteiger charge is -2.10. The van der Waals surface area contributed by atoms with Crippen LogP contribution in [0.2, 0.25) is 0 Å². The second-order valence-electron chi connectivity index (χ2n) is 6.45. The van der Waals surface area contributed by atoms with E-state index in [-0.39, 0.29) is 18.5 Å².